The Morgan fingerprint density at radius 1 is 1.32 bits per heavy atom. The Morgan fingerprint density at radius 2 is 1.89 bits per heavy atom. The van der Waals surface area contributed by atoms with Gasteiger partial charge in [-0.1, -0.05) is 0 Å². The number of rotatable bonds is 3. The van der Waals surface area contributed by atoms with Gasteiger partial charge in [0.1, 0.15) is 11.6 Å². The third kappa shape index (κ3) is 5.44. The number of ether oxygens (including phenoxy) is 2. The molecular weight excluding hydrogens is 252 g/mol. The van der Waals surface area contributed by atoms with E-state index in [1.807, 2.05) is 0 Å². The van der Waals surface area contributed by atoms with E-state index in [1.54, 1.807) is 26.3 Å². The summed E-state index contributed by atoms with van der Waals surface area (Å²) < 4.78 is 10.3. The van der Waals surface area contributed by atoms with Gasteiger partial charge < -0.3 is 14.8 Å². The van der Waals surface area contributed by atoms with Crippen LogP contribution in [0.5, 0.6) is 0 Å². The van der Waals surface area contributed by atoms with Crippen molar-refractivity contribution in [2.75, 3.05) is 13.2 Å². The summed E-state index contributed by atoms with van der Waals surface area (Å²) in [6.45, 7) is 6.29. The van der Waals surface area contributed by atoms with Crippen molar-refractivity contribution < 1.29 is 24.3 Å². The molecule has 0 aromatic heterocycles. The van der Waals surface area contributed by atoms with Gasteiger partial charge in [0.2, 0.25) is 0 Å². The Balaban J connectivity index is 2.64. The molecule has 7 heteroatoms. The fourth-order valence-electron chi connectivity index (χ4n) is 1.95. The highest BCUT2D eigenvalue weighted by molar-refractivity contribution is 5.85. The summed E-state index contributed by atoms with van der Waals surface area (Å²) in [7, 11) is 0. The van der Waals surface area contributed by atoms with Crippen molar-refractivity contribution in [2.45, 2.75) is 45.3 Å². The maximum atomic E-state index is 11.7. The molecule has 0 aromatic carbocycles. The fourth-order valence-corrected chi connectivity index (χ4v) is 1.95. The highest BCUT2D eigenvalue weighted by Gasteiger charge is 2.32. The van der Waals surface area contributed by atoms with E-state index in [1.165, 1.54) is 0 Å². The van der Waals surface area contributed by atoms with Crippen LogP contribution in [0.1, 0.15) is 33.6 Å². The van der Waals surface area contributed by atoms with Crippen LogP contribution >= 0.6 is 0 Å². The molecule has 1 heterocycles. The first-order chi connectivity index (χ1) is 8.83. The van der Waals surface area contributed by atoms with Crippen LogP contribution in [0.25, 0.3) is 0 Å². The van der Waals surface area contributed by atoms with Crippen LogP contribution < -0.4 is 10.8 Å². The Kier molecular flexibility index (Phi) is 5.56. The number of hydrogen-bond donors (Lipinski definition) is 3. The molecule has 1 aliphatic rings. The molecule has 0 radical (unpaired) electrons. The van der Waals surface area contributed by atoms with E-state index in [0.717, 1.165) is 0 Å². The molecule has 19 heavy (non-hydrogen) atoms. The molecule has 1 rings (SSSR count). The largest absolute Gasteiger partial charge is 0.444 e. The lowest BCUT2D eigenvalue weighted by Crippen LogP contribution is -2.52. The molecule has 0 aliphatic carbocycles. The number of hydrogen-bond acceptors (Lipinski definition) is 5. The second-order valence-electron chi connectivity index (χ2n) is 5.55. The second kappa shape index (κ2) is 6.72. The predicted octanol–water partition coefficient (Wildman–Crippen LogP) is 0.812. The number of carbonyl (C=O) groups is 2. The van der Waals surface area contributed by atoms with Gasteiger partial charge in [-0.15, -0.1) is 0 Å². The zero-order chi connectivity index (χ0) is 14.5. The number of hydroxylamine groups is 1. The van der Waals surface area contributed by atoms with Crippen molar-refractivity contribution in [1.29, 1.82) is 0 Å². The molecule has 110 valence electrons. The van der Waals surface area contributed by atoms with Gasteiger partial charge in [-0.3, -0.25) is 10.0 Å². The highest BCUT2D eigenvalue weighted by atomic mass is 16.6. The molecule has 1 aliphatic heterocycles. The second-order valence-corrected chi connectivity index (χ2v) is 5.55. The standard InChI is InChI=1S/C12H22N2O5/c1-12(2,3)19-11(16)13-9(10(15)14-17)8-4-6-18-7-5-8/h8-9,17H,4-7H2,1-3H3,(H,13,16)(H,14,15). The Hall–Kier alpha value is -1.34. The van der Waals surface area contributed by atoms with Crippen LogP contribution in [0.2, 0.25) is 0 Å². The van der Waals surface area contributed by atoms with Crippen molar-refractivity contribution in [2.24, 2.45) is 5.92 Å². The monoisotopic (exact) mass is 274 g/mol. The number of nitrogens with one attached hydrogen (secondary N) is 2. The smallest absolute Gasteiger partial charge is 0.408 e. The van der Waals surface area contributed by atoms with Gasteiger partial charge in [-0.25, -0.2) is 10.3 Å². The summed E-state index contributed by atoms with van der Waals surface area (Å²) in [6, 6.07) is -0.816. The van der Waals surface area contributed by atoms with E-state index in [0.29, 0.717) is 26.1 Å². The van der Waals surface area contributed by atoms with Crippen LogP contribution in [-0.4, -0.2) is 42.1 Å². The van der Waals surface area contributed by atoms with E-state index in [2.05, 4.69) is 5.32 Å². The van der Waals surface area contributed by atoms with Crippen molar-refractivity contribution in [1.82, 2.24) is 10.8 Å². The van der Waals surface area contributed by atoms with Crippen LogP contribution in [0.3, 0.4) is 0 Å². The van der Waals surface area contributed by atoms with Crippen molar-refractivity contribution in [3.05, 3.63) is 0 Å². The number of alkyl carbamates (subject to hydrolysis) is 1. The molecule has 0 saturated carbocycles. The number of carbonyl (C=O) groups excluding carboxylic acids is 2. The Bertz CT molecular complexity index is 321. The topological polar surface area (TPSA) is 96.9 Å². The average Bonchev–Trinajstić information content (AvgIpc) is 2.34. The maximum Gasteiger partial charge on any atom is 0.408 e. The highest BCUT2D eigenvalue weighted by Crippen LogP contribution is 2.19. The minimum absolute atomic E-state index is 0.0755. The first-order valence-electron chi connectivity index (χ1n) is 6.34. The predicted molar refractivity (Wildman–Crippen MR) is 66.6 cm³/mol. The van der Waals surface area contributed by atoms with Crippen molar-refractivity contribution in [3.63, 3.8) is 0 Å². The molecule has 1 unspecified atom stereocenters. The third-order valence-corrected chi connectivity index (χ3v) is 2.80. The Morgan fingerprint density at radius 3 is 2.37 bits per heavy atom. The molecule has 1 atom stereocenters. The van der Waals surface area contributed by atoms with E-state index in [-0.39, 0.29) is 5.92 Å². The molecule has 3 N–H and O–H groups in total. The summed E-state index contributed by atoms with van der Waals surface area (Å²) >= 11 is 0. The minimum atomic E-state index is -0.816. The van der Waals surface area contributed by atoms with Crippen LogP contribution in [0, 0.1) is 5.92 Å². The van der Waals surface area contributed by atoms with Crippen LogP contribution in [0.4, 0.5) is 4.79 Å². The summed E-state index contributed by atoms with van der Waals surface area (Å²) in [4.78, 5) is 23.3. The SMILES string of the molecule is CC(C)(C)OC(=O)NC(C(=O)NO)C1CCOCC1. The van der Waals surface area contributed by atoms with E-state index in [9.17, 15) is 9.59 Å². The molecule has 0 spiro atoms. The molecule has 7 nitrogen and oxygen atoms in total. The third-order valence-electron chi connectivity index (χ3n) is 2.80. The van der Waals surface area contributed by atoms with Gasteiger partial charge >= 0.3 is 6.09 Å². The minimum Gasteiger partial charge on any atom is -0.444 e. The number of amides is 2. The molecule has 0 aromatic rings. The van der Waals surface area contributed by atoms with Gasteiger partial charge in [0.25, 0.3) is 5.91 Å². The van der Waals surface area contributed by atoms with E-state index in [4.69, 9.17) is 14.7 Å². The van der Waals surface area contributed by atoms with Gasteiger partial charge in [0.05, 0.1) is 0 Å². The first-order valence-corrected chi connectivity index (χ1v) is 6.34. The normalized spacial score (nSPS) is 18.5. The molecule has 1 fully saturated rings. The lowest BCUT2D eigenvalue weighted by atomic mass is 9.91. The maximum absolute atomic E-state index is 11.7. The van der Waals surface area contributed by atoms with E-state index >= 15 is 0 Å². The average molecular weight is 274 g/mol. The summed E-state index contributed by atoms with van der Waals surface area (Å²) in [5.74, 6) is -0.717. The lowest BCUT2D eigenvalue weighted by Gasteiger charge is -2.30. The van der Waals surface area contributed by atoms with E-state index < -0.39 is 23.6 Å². The molecule has 0 bridgehead atoms. The van der Waals surface area contributed by atoms with Crippen molar-refractivity contribution in [3.8, 4) is 0 Å². The summed E-state index contributed by atoms with van der Waals surface area (Å²) in [6.07, 6.45) is 0.620. The van der Waals surface area contributed by atoms with Gasteiger partial charge in [-0.2, -0.15) is 0 Å². The van der Waals surface area contributed by atoms with Gasteiger partial charge in [-0.05, 0) is 39.5 Å². The summed E-state index contributed by atoms with van der Waals surface area (Å²) in [5, 5.41) is 11.3. The molecule has 1 saturated heterocycles. The summed E-state index contributed by atoms with van der Waals surface area (Å²) in [5.41, 5.74) is 0.942. The fraction of sp³-hybridized carbons (Fsp3) is 0.833. The molecular formula is C12H22N2O5. The lowest BCUT2D eigenvalue weighted by molar-refractivity contribution is -0.133. The van der Waals surface area contributed by atoms with Crippen molar-refractivity contribution >= 4 is 12.0 Å². The van der Waals surface area contributed by atoms with Gasteiger partial charge in [0.15, 0.2) is 0 Å². The quantitative estimate of drug-likeness (QED) is 0.523. The Labute approximate surface area is 112 Å². The zero-order valence-electron chi connectivity index (χ0n) is 11.6. The molecule has 2 amide bonds. The zero-order valence-corrected chi connectivity index (χ0v) is 11.6. The first kappa shape index (κ1) is 15.7. The van der Waals surface area contributed by atoms with Gasteiger partial charge in [0, 0.05) is 13.2 Å². The van der Waals surface area contributed by atoms with Crippen LogP contribution in [0.15, 0.2) is 0 Å². The van der Waals surface area contributed by atoms with Crippen LogP contribution in [-0.2, 0) is 14.3 Å².